The molecule has 0 spiro atoms. The Morgan fingerprint density at radius 1 is 1.12 bits per heavy atom. The number of ether oxygens (including phenoxy) is 2. The van der Waals surface area contributed by atoms with Crippen LogP contribution in [0.2, 0.25) is 0 Å². The average molecular weight is 460 g/mol. The number of pyridine rings is 1. The number of carbonyl (C=O) groups is 1. The van der Waals surface area contributed by atoms with Crippen molar-refractivity contribution < 1.29 is 19.4 Å². The first-order valence-electron chi connectivity index (χ1n) is 10.7. The van der Waals surface area contributed by atoms with Crippen LogP contribution in [0.25, 0.3) is 11.1 Å². The molecule has 0 fully saturated rings. The number of anilines is 1. The molecule has 2 aromatic heterocycles. The van der Waals surface area contributed by atoms with Gasteiger partial charge in [-0.3, -0.25) is 5.10 Å². The SMILES string of the molecule is COc1cccc(C(CCO)NC(=O)Nc2ccc(-c3cn[nH]c3)cc2Oc2ccccn2)c1. The second kappa shape index (κ2) is 11.0. The Balaban J connectivity index is 1.56. The van der Waals surface area contributed by atoms with E-state index in [0.29, 0.717) is 29.5 Å². The molecular weight excluding hydrogens is 434 g/mol. The molecule has 4 aromatic rings. The van der Waals surface area contributed by atoms with Gasteiger partial charge in [-0.05, 0) is 47.9 Å². The minimum atomic E-state index is -0.441. The Morgan fingerprint density at radius 2 is 2.03 bits per heavy atom. The summed E-state index contributed by atoms with van der Waals surface area (Å²) >= 11 is 0. The van der Waals surface area contributed by atoms with E-state index in [0.717, 1.165) is 16.7 Å². The van der Waals surface area contributed by atoms with Crippen molar-refractivity contribution in [1.82, 2.24) is 20.5 Å². The predicted molar refractivity (Wildman–Crippen MR) is 128 cm³/mol. The summed E-state index contributed by atoms with van der Waals surface area (Å²) < 4.78 is 11.3. The summed E-state index contributed by atoms with van der Waals surface area (Å²) in [4.78, 5) is 17.1. The number of aliphatic hydroxyl groups is 1. The van der Waals surface area contributed by atoms with Crippen molar-refractivity contribution in [3.8, 4) is 28.5 Å². The molecule has 2 aromatic carbocycles. The monoisotopic (exact) mass is 459 g/mol. The third-order valence-electron chi connectivity index (χ3n) is 5.13. The summed E-state index contributed by atoms with van der Waals surface area (Å²) in [6.07, 6.45) is 5.45. The van der Waals surface area contributed by atoms with Crippen molar-refractivity contribution >= 4 is 11.7 Å². The van der Waals surface area contributed by atoms with Crippen LogP contribution in [0.3, 0.4) is 0 Å². The highest BCUT2D eigenvalue weighted by Gasteiger charge is 2.17. The first-order chi connectivity index (χ1) is 16.7. The van der Waals surface area contributed by atoms with Crippen LogP contribution in [0.1, 0.15) is 18.0 Å². The fourth-order valence-electron chi connectivity index (χ4n) is 3.44. The quantitative estimate of drug-likeness (QED) is 0.292. The standard InChI is InChI=1S/C25H25N5O4/c1-33-20-6-4-5-18(13-20)21(10-12-31)29-25(32)30-22-9-8-17(19-15-27-28-16-19)14-23(22)34-24-7-2-3-11-26-24/h2-9,11,13-16,21,31H,10,12H2,1H3,(H,27,28)(H2,29,30,32). The molecule has 9 heteroatoms. The number of hydrogen-bond acceptors (Lipinski definition) is 6. The van der Waals surface area contributed by atoms with Gasteiger partial charge in [0.15, 0.2) is 5.75 Å². The van der Waals surface area contributed by atoms with Crippen LogP contribution in [0.4, 0.5) is 10.5 Å². The molecule has 0 saturated heterocycles. The molecule has 2 heterocycles. The van der Waals surface area contributed by atoms with Gasteiger partial charge in [0.05, 0.1) is 25.0 Å². The second-order valence-corrected chi connectivity index (χ2v) is 7.41. The molecule has 0 aliphatic heterocycles. The van der Waals surface area contributed by atoms with Crippen molar-refractivity contribution in [3.05, 3.63) is 84.8 Å². The number of hydrogen-bond donors (Lipinski definition) is 4. The summed E-state index contributed by atoms with van der Waals surface area (Å²) in [5.41, 5.74) is 3.02. The number of aromatic nitrogens is 3. The lowest BCUT2D eigenvalue weighted by Crippen LogP contribution is -2.33. The Labute approximate surface area is 196 Å². The van der Waals surface area contributed by atoms with Gasteiger partial charge in [0.1, 0.15) is 5.75 Å². The van der Waals surface area contributed by atoms with E-state index in [1.165, 1.54) is 0 Å². The van der Waals surface area contributed by atoms with Crippen LogP contribution in [0.15, 0.2) is 79.3 Å². The Kier molecular flexibility index (Phi) is 7.36. The highest BCUT2D eigenvalue weighted by molar-refractivity contribution is 5.92. The lowest BCUT2D eigenvalue weighted by Gasteiger charge is -2.20. The van der Waals surface area contributed by atoms with Crippen LogP contribution in [-0.4, -0.2) is 40.0 Å². The number of nitrogens with one attached hydrogen (secondary N) is 3. The maximum Gasteiger partial charge on any atom is 0.319 e. The fourth-order valence-corrected chi connectivity index (χ4v) is 3.44. The van der Waals surface area contributed by atoms with Crippen LogP contribution < -0.4 is 20.1 Å². The van der Waals surface area contributed by atoms with E-state index >= 15 is 0 Å². The van der Waals surface area contributed by atoms with Crippen molar-refractivity contribution in [2.75, 3.05) is 19.0 Å². The number of carbonyl (C=O) groups excluding carboxylic acids is 1. The zero-order chi connectivity index (χ0) is 23.8. The molecule has 1 unspecified atom stereocenters. The number of aliphatic hydroxyl groups excluding tert-OH is 1. The zero-order valence-electron chi connectivity index (χ0n) is 18.6. The third kappa shape index (κ3) is 5.70. The van der Waals surface area contributed by atoms with Gasteiger partial charge in [-0.25, -0.2) is 9.78 Å². The van der Waals surface area contributed by atoms with Crippen molar-refractivity contribution in [3.63, 3.8) is 0 Å². The number of urea groups is 1. The lowest BCUT2D eigenvalue weighted by molar-refractivity contribution is 0.239. The maximum atomic E-state index is 12.9. The first kappa shape index (κ1) is 22.8. The summed E-state index contributed by atoms with van der Waals surface area (Å²) in [5, 5.41) is 22.1. The van der Waals surface area contributed by atoms with Crippen LogP contribution in [-0.2, 0) is 0 Å². The normalized spacial score (nSPS) is 11.5. The molecule has 0 saturated carbocycles. The van der Waals surface area contributed by atoms with Gasteiger partial charge in [0.25, 0.3) is 0 Å². The van der Waals surface area contributed by atoms with Gasteiger partial charge in [-0.1, -0.05) is 24.3 Å². The van der Waals surface area contributed by atoms with Crippen molar-refractivity contribution in [1.29, 1.82) is 0 Å². The molecule has 4 rings (SSSR count). The molecule has 0 radical (unpaired) electrons. The number of H-pyrrole nitrogens is 1. The van der Waals surface area contributed by atoms with Gasteiger partial charge in [-0.15, -0.1) is 0 Å². The molecule has 4 N–H and O–H groups in total. The van der Waals surface area contributed by atoms with Crippen molar-refractivity contribution in [2.24, 2.45) is 0 Å². The van der Waals surface area contributed by atoms with Gasteiger partial charge >= 0.3 is 6.03 Å². The number of rotatable bonds is 9. The number of nitrogens with zero attached hydrogens (tertiary/aromatic N) is 2. The Morgan fingerprint density at radius 3 is 2.76 bits per heavy atom. The van der Waals surface area contributed by atoms with Gasteiger partial charge in [-0.2, -0.15) is 5.10 Å². The molecule has 0 aliphatic carbocycles. The van der Waals surface area contributed by atoms with Crippen LogP contribution in [0, 0.1) is 0 Å². The van der Waals surface area contributed by atoms with E-state index in [1.54, 1.807) is 43.9 Å². The zero-order valence-corrected chi connectivity index (χ0v) is 18.6. The number of methoxy groups -OCH3 is 1. The highest BCUT2D eigenvalue weighted by atomic mass is 16.5. The number of aromatic amines is 1. The molecular formula is C25H25N5O4. The second-order valence-electron chi connectivity index (χ2n) is 7.41. The van der Waals surface area contributed by atoms with E-state index in [-0.39, 0.29) is 6.61 Å². The van der Waals surface area contributed by atoms with Crippen molar-refractivity contribution in [2.45, 2.75) is 12.5 Å². The Bertz CT molecular complexity index is 1220. The summed E-state index contributed by atoms with van der Waals surface area (Å²) in [5.74, 6) is 1.49. The average Bonchev–Trinajstić information content (AvgIpc) is 3.41. The predicted octanol–water partition coefficient (Wildman–Crippen LogP) is 4.52. The maximum absolute atomic E-state index is 12.9. The van der Waals surface area contributed by atoms with E-state index in [2.05, 4.69) is 25.8 Å². The van der Waals surface area contributed by atoms with Gasteiger partial charge < -0.3 is 25.2 Å². The van der Waals surface area contributed by atoms with Crippen LogP contribution in [0.5, 0.6) is 17.4 Å². The van der Waals surface area contributed by atoms with Gasteiger partial charge in [0.2, 0.25) is 5.88 Å². The number of amides is 2. The number of benzene rings is 2. The van der Waals surface area contributed by atoms with E-state index in [4.69, 9.17) is 9.47 Å². The van der Waals surface area contributed by atoms with E-state index in [9.17, 15) is 9.90 Å². The Hall–Kier alpha value is -4.37. The fraction of sp³-hybridized carbons (Fsp3) is 0.160. The summed E-state index contributed by atoms with van der Waals surface area (Å²) in [6.45, 7) is -0.0877. The largest absolute Gasteiger partial charge is 0.497 e. The minimum Gasteiger partial charge on any atom is -0.497 e. The summed E-state index contributed by atoms with van der Waals surface area (Å²) in [6, 6.07) is 17.3. The molecule has 34 heavy (non-hydrogen) atoms. The molecule has 2 amide bonds. The lowest BCUT2D eigenvalue weighted by atomic mass is 10.0. The molecule has 0 bridgehead atoms. The topological polar surface area (TPSA) is 121 Å². The van der Waals surface area contributed by atoms with E-state index < -0.39 is 12.1 Å². The highest BCUT2D eigenvalue weighted by Crippen LogP contribution is 2.33. The van der Waals surface area contributed by atoms with Crippen LogP contribution >= 0.6 is 0 Å². The molecule has 9 nitrogen and oxygen atoms in total. The smallest absolute Gasteiger partial charge is 0.319 e. The minimum absolute atomic E-state index is 0.0877. The molecule has 174 valence electrons. The molecule has 0 aliphatic rings. The van der Waals surface area contributed by atoms with Gasteiger partial charge in [0, 0.05) is 30.6 Å². The van der Waals surface area contributed by atoms with E-state index in [1.807, 2.05) is 42.5 Å². The molecule has 1 atom stereocenters. The summed E-state index contributed by atoms with van der Waals surface area (Å²) in [7, 11) is 1.58. The first-order valence-corrected chi connectivity index (χ1v) is 10.7. The third-order valence-corrected chi connectivity index (χ3v) is 5.13.